The third-order valence-electron chi connectivity index (χ3n) is 3.74. The second-order valence-electron chi connectivity index (χ2n) is 5.75. The number of rotatable bonds is 6. The first-order valence-corrected chi connectivity index (χ1v) is 7.99. The lowest BCUT2D eigenvalue weighted by Gasteiger charge is -2.24. The number of nitrogens with zero attached hydrogens (tertiary/aromatic N) is 3. The van der Waals surface area contributed by atoms with E-state index in [9.17, 15) is 0 Å². The van der Waals surface area contributed by atoms with Crippen molar-refractivity contribution < 1.29 is 0 Å². The average molecular weight is 278 g/mol. The molecule has 1 aliphatic rings. The molecule has 1 fully saturated rings. The molecule has 2 aromatic rings. The van der Waals surface area contributed by atoms with E-state index in [-0.39, 0.29) is 0 Å². The van der Waals surface area contributed by atoms with E-state index in [4.69, 9.17) is 10.7 Å². The van der Waals surface area contributed by atoms with Crippen LogP contribution < -0.4 is 10.6 Å². The topological polar surface area (TPSA) is 46.6 Å². The highest BCUT2D eigenvalue weighted by molar-refractivity contribution is 7.15. The summed E-state index contributed by atoms with van der Waals surface area (Å²) in [5.41, 5.74) is 7.11. The van der Waals surface area contributed by atoms with Crippen molar-refractivity contribution >= 4 is 22.1 Å². The molecule has 104 valence electrons. The van der Waals surface area contributed by atoms with Crippen molar-refractivity contribution in [3.05, 3.63) is 17.3 Å². The summed E-state index contributed by atoms with van der Waals surface area (Å²) in [4.78, 5) is 8.36. The van der Waals surface area contributed by atoms with Crippen LogP contribution in [0.15, 0.2) is 11.6 Å². The van der Waals surface area contributed by atoms with Gasteiger partial charge in [-0.2, -0.15) is 0 Å². The molecule has 0 atom stereocenters. The SMILES string of the molecule is CC(C)CCN(c1nc2sccn2c1CN)C1CC1. The first-order valence-electron chi connectivity index (χ1n) is 7.12. The maximum atomic E-state index is 5.95. The number of thiazole rings is 1. The van der Waals surface area contributed by atoms with Crippen molar-refractivity contribution in [3.8, 4) is 0 Å². The molecule has 0 aromatic carbocycles. The van der Waals surface area contributed by atoms with Crippen LogP contribution in [0.5, 0.6) is 0 Å². The van der Waals surface area contributed by atoms with Crippen LogP contribution in [0.1, 0.15) is 38.8 Å². The summed E-state index contributed by atoms with van der Waals surface area (Å²) >= 11 is 1.68. The van der Waals surface area contributed by atoms with Crippen molar-refractivity contribution in [1.29, 1.82) is 0 Å². The number of nitrogens with two attached hydrogens (primary N) is 1. The van der Waals surface area contributed by atoms with Crippen LogP contribution in [0.3, 0.4) is 0 Å². The van der Waals surface area contributed by atoms with Gasteiger partial charge in [0.25, 0.3) is 0 Å². The molecule has 0 radical (unpaired) electrons. The summed E-state index contributed by atoms with van der Waals surface area (Å²) in [5.74, 6) is 1.85. The quantitative estimate of drug-likeness (QED) is 0.884. The molecule has 4 nitrogen and oxygen atoms in total. The predicted molar refractivity (Wildman–Crippen MR) is 80.8 cm³/mol. The second kappa shape index (κ2) is 5.13. The molecule has 0 saturated heterocycles. The molecule has 1 aliphatic carbocycles. The fourth-order valence-electron chi connectivity index (χ4n) is 2.49. The lowest BCUT2D eigenvalue weighted by Crippen LogP contribution is -2.29. The molecule has 0 unspecified atom stereocenters. The van der Waals surface area contributed by atoms with Gasteiger partial charge in [0, 0.05) is 30.7 Å². The van der Waals surface area contributed by atoms with Gasteiger partial charge >= 0.3 is 0 Å². The van der Waals surface area contributed by atoms with E-state index < -0.39 is 0 Å². The lowest BCUT2D eigenvalue weighted by atomic mass is 10.1. The maximum absolute atomic E-state index is 5.95. The van der Waals surface area contributed by atoms with Gasteiger partial charge in [-0.05, 0) is 25.2 Å². The van der Waals surface area contributed by atoms with Crippen LogP contribution in [-0.4, -0.2) is 22.0 Å². The molecular formula is C14H22N4S. The Bertz CT molecular complexity index is 553. The van der Waals surface area contributed by atoms with E-state index in [0.29, 0.717) is 12.6 Å². The molecule has 0 amide bonds. The minimum Gasteiger partial charge on any atom is -0.352 e. The van der Waals surface area contributed by atoms with Crippen LogP contribution >= 0.6 is 11.3 Å². The maximum Gasteiger partial charge on any atom is 0.195 e. The number of imidazole rings is 1. The third kappa shape index (κ3) is 2.49. The van der Waals surface area contributed by atoms with E-state index in [2.05, 4.69) is 34.7 Å². The van der Waals surface area contributed by atoms with Gasteiger partial charge in [-0.3, -0.25) is 4.40 Å². The zero-order valence-electron chi connectivity index (χ0n) is 11.7. The summed E-state index contributed by atoms with van der Waals surface area (Å²) in [6, 6.07) is 0.689. The lowest BCUT2D eigenvalue weighted by molar-refractivity contribution is 0.568. The Morgan fingerprint density at radius 3 is 2.95 bits per heavy atom. The van der Waals surface area contributed by atoms with E-state index in [0.717, 1.165) is 28.9 Å². The molecule has 1 saturated carbocycles. The third-order valence-corrected chi connectivity index (χ3v) is 4.50. The zero-order valence-corrected chi connectivity index (χ0v) is 12.5. The predicted octanol–water partition coefficient (Wildman–Crippen LogP) is 2.87. The summed E-state index contributed by atoms with van der Waals surface area (Å²) < 4.78 is 2.14. The molecule has 2 aromatic heterocycles. The zero-order chi connectivity index (χ0) is 13.4. The van der Waals surface area contributed by atoms with Crippen molar-refractivity contribution in [3.63, 3.8) is 0 Å². The number of fused-ring (bicyclic) bond motifs is 1. The van der Waals surface area contributed by atoms with E-state index >= 15 is 0 Å². The average Bonchev–Trinajstić information content (AvgIpc) is 2.99. The highest BCUT2D eigenvalue weighted by Crippen LogP contribution is 2.34. The minimum atomic E-state index is 0.554. The number of anilines is 1. The Balaban J connectivity index is 1.92. The summed E-state index contributed by atoms with van der Waals surface area (Å²) in [7, 11) is 0. The van der Waals surface area contributed by atoms with Crippen LogP contribution in [0.2, 0.25) is 0 Å². The fourth-order valence-corrected chi connectivity index (χ4v) is 3.21. The van der Waals surface area contributed by atoms with E-state index in [1.54, 1.807) is 11.3 Å². The smallest absolute Gasteiger partial charge is 0.195 e. The molecule has 19 heavy (non-hydrogen) atoms. The summed E-state index contributed by atoms with van der Waals surface area (Å²) in [5, 5.41) is 2.07. The fraction of sp³-hybridized carbons (Fsp3) is 0.643. The van der Waals surface area contributed by atoms with Crippen molar-refractivity contribution in [2.75, 3.05) is 11.4 Å². The first kappa shape index (κ1) is 12.9. The van der Waals surface area contributed by atoms with Crippen LogP contribution in [0.4, 0.5) is 5.82 Å². The largest absolute Gasteiger partial charge is 0.352 e. The van der Waals surface area contributed by atoms with Crippen molar-refractivity contribution in [1.82, 2.24) is 9.38 Å². The number of aromatic nitrogens is 2. The Morgan fingerprint density at radius 2 is 2.32 bits per heavy atom. The molecule has 2 heterocycles. The van der Waals surface area contributed by atoms with Gasteiger partial charge in [0.1, 0.15) is 0 Å². The van der Waals surface area contributed by atoms with Crippen molar-refractivity contribution in [2.45, 2.75) is 45.7 Å². The summed E-state index contributed by atoms with van der Waals surface area (Å²) in [6.07, 6.45) is 5.89. The van der Waals surface area contributed by atoms with Gasteiger partial charge in [0.05, 0.1) is 5.69 Å². The van der Waals surface area contributed by atoms with E-state index in [1.165, 1.54) is 19.3 Å². The Kier molecular flexibility index (Phi) is 3.50. The van der Waals surface area contributed by atoms with Gasteiger partial charge in [-0.1, -0.05) is 13.8 Å². The summed E-state index contributed by atoms with van der Waals surface area (Å²) in [6.45, 7) is 6.21. The van der Waals surface area contributed by atoms with Crippen LogP contribution in [0, 0.1) is 5.92 Å². The van der Waals surface area contributed by atoms with Crippen LogP contribution in [-0.2, 0) is 6.54 Å². The van der Waals surface area contributed by atoms with Gasteiger partial charge in [0.15, 0.2) is 10.8 Å². The van der Waals surface area contributed by atoms with E-state index in [1.807, 2.05) is 0 Å². The highest BCUT2D eigenvalue weighted by Gasteiger charge is 2.32. The highest BCUT2D eigenvalue weighted by atomic mass is 32.1. The van der Waals surface area contributed by atoms with Crippen LogP contribution in [0.25, 0.3) is 4.96 Å². The monoisotopic (exact) mass is 278 g/mol. The minimum absolute atomic E-state index is 0.554. The standard InChI is InChI=1S/C14H22N4S/c1-10(2)5-6-17(11-3-4-11)13-12(9-15)18-7-8-19-14(18)16-13/h7-8,10-11H,3-6,9,15H2,1-2H3. The Hall–Kier alpha value is -1.07. The van der Waals surface area contributed by atoms with Gasteiger partial charge in [0.2, 0.25) is 0 Å². The number of hydrogen-bond donors (Lipinski definition) is 1. The second-order valence-corrected chi connectivity index (χ2v) is 6.62. The molecule has 3 rings (SSSR count). The normalized spacial score (nSPS) is 15.6. The van der Waals surface area contributed by atoms with Gasteiger partial charge < -0.3 is 10.6 Å². The molecule has 5 heteroatoms. The molecule has 0 aliphatic heterocycles. The van der Waals surface area contributed by atoms with Crippen molar-refractivity contribution in [2.24, 2.45) is 11.7 Å². The molecule has 0 spiro atoms. The Morgan fingerprint density at radius 1 is 1.53 bits per heavy atom. The first-order chi connectivity index (χ1) is 9.20. The molecule has 0 bridgehead atoms. The molecule has 2 N–H and O–H groups in total. The van der Waals surface area contributed by atoms with Gasteiger partial charge in [-0.15, -0.1) is 11.3 Å². The van der Waals surface area contributed by atoms with Gasteiger partial charge in [-0.25, -0.2) is 4.98 Å². The molecular weight excluding hydrogens is 256 g/mol. The number of hydrogen-bond acceptors (Lipinski definition) is 4. The Labute approximate surface area is 118 Å².